The van der Waals surface area contributed by atoms with Crippen LogP contribution in [0.15, 0.2) is 23.4 Å². The molecular formula is C26H46N2. The molecule has 160 valence electrons. The van der Waals surface area contributed by atoms with Crippen LogP contribution in [0.4, 0.5) is 0 Å². The fourth-order valence-electron chi connectivity index (χ4n) is 5.60. The fraction of sp³-hybridized carbons (Fsp3) is 0.846. The molecule has 2 fully saturated rings. The predicted molar refractivity (Wildman–Crippen MR) is 122 cm³/mol. The van der Waals surface area contributed by atoms with Gasteiger partial charge in [-0.2, -0.15) is 0 Å². The molecule has 0 aromatic carbocycles. The highest BCUT2D eigenvalue weighted by Gasteiger charge is 2.31. The van der Waals surface area contributed by atoms with Crippen LogP contribution in [0.1, 0.15) is 86.0 Å². The van der Waals surface area contributed by atoms with E-state index in [0.29, 0.717) is 11.3 Å². The average molecular weight is 387 g/mol. The summed E-state index contributed by atoms with van der Waals surface area (Å²) in [7, 11) is 0. The summed E-state index contributed by atoms with van der Waals surface area (Å²) in [6, 6.07) is 0. The zero-order valence-corrected chi connectivity index (χ0v) is 19.5. The zero-order valence-electron chi connectivity index (χ0n) is 19.5. The number of allylic oxidation sites excluding steroid dienone is 3. The highest BCUT2D eigenvalue weighted by atomic mass is 15.3. The second kappa shape index (κ2) is 9.83. The highest BCUT2D eigenvalue weighted by molar-refractivity contribution is 5.32. The number of hydrogen-bond donors (Lipinski definition) is 0. The summed E-state index contributed by atoms with van der Waals surface area (Å²) in [4.78, 5) is 5.45. The maximum atomic E-state index is 2.73. The van der Waals surface area contributed by atoms with E-state index in [-0.39, 0.29) is 0 Å². The average Bonchev–Trinajstić information content (AvgIpc) is 3.46. The van der Waals surface area contributed by atoms with Gasteiger partial charge in [0.1, 0.15) is 0 Å². The molecule has 0 aromatic heterocycles. The summed E-state index contributed by atoms with van der Waals surface area (Å²) in [6.45, 7) is 18.4. The first-order valence-corrected chi connectivity index (χ1v) is 12.3. The van der Waals surface area contributed by atoms with Crippen LogP contribution in [0.5, 0.6) is 0 Å². The Hall–Kier alpha value is -0.760. The monoisotopic (exact) mass is 386 g/mol. The normalized spacial score (nSPS) is 25.5. The Morgan fingerprint density at radius 1 is 1.07 bits per heavy atom. The van der Waals surface area contributed by atoms with Gasteiger partial charge in [0, 0.05) is 38.4 Å². The standard InChI is InChI=1S/C26H46N2/c1-6-8-23(19-26(4,5)13-7-2)24-18-21(3)9-12-25(24)28-16-14-27(15-17-28)20-22-10-11-22/h9,12,21-23H,6-8,10-11,13-20H2,1-5H3. The first-order valence-electron chi connectivity index (χ1n) is 12.3. The summed E-state index contributed by atoms with van der Waals surface area (Å²) in [5.41, 5.74) is 3.85. The van der Waals surface area contributed by atoms with Crippen molar-refractivity contribution in [1.82, 2.24) is 9.80 Å². The maximum Gasteiger partial charge on any atom is 0.0358 e. The minimum Gasteiger partial charge on any atom is -0.369 e. The van der Waals surface area contributed by atoms with Crippen LogP contribution >= 0.6 is 0 Å². The van der Waals surface area contributed by atoms with E-state index < -0.39 is 0 Å². The quantitative estimate of drug-likeness (QED) is 0.423. The third-order valence-electron chi connectivity index (χ3n) is 7.24. The van der Waals surface area contributed by atoms with Gasteiger partial charge in [0.2, 0.25) is 0 Å². The van der Waals surface area contributed by atoms with Gasteiger partial charge in [0.15, 0.2) is 0 Å². The van der Waals surface area contributed by atoms with E-state index in [0.717, 1.165) is 11.8 Å². The predicted octanol–water partition coefficient (Wildman–Crippen LogP) is 6.50. The van der Waals surface area contributed by atoms with Crippen molar-refractivity contribution in [3.8, 4) is 0 Å². The van der Waals surface area contributed by atoms with Crippen molar-refractivity contribution in [2.45, 2.75) is 86.0 Å². The first kappa shape index (κ1) is 21.9. The molecule has 1 saturated carbocycles. The van der Waals surface area contributed by atoms with Gasteiger partial charge in [-0.05, 0) is 73.3 Å². The highest BCUT2D eigenvalue weighted by Crippen LogP contribution is 2.41. The molecule has 3 rings (SSSR count). The molecular weight excluding hydrogens is 340 g/mol. The Morgan fingerprint density at radius 3 is 2.39 bits per heavy atom. The fourth-order valence-corrected chi connectivity index (χ4v) is 5.60. The van der Waals surface area contributed by atoms with E-state index in [1.807, 2.05) is 0 Å². The molecule has 0 radical (unpaired) electrons. The molecule has 0 N–H and O–H groups in total. The van der Waals surface area contributed by atoms with E-state index in [2.05, 4.69) is 56.6 Å². The van der Waals surface area contributed by atoms with Crippen molar-refractivity contribution >= 4 is 0 Å². The van der Waals surface area contributed by atoms with E-state index in [1.54, 1.807) is 11.3 Å². The molecule has 1 aliphatic heterocycles. The van der Waals surface area contributed by atoms with Crippen LogP contribution in [-0.2, 0) is 0 Å². The topological polar surface area (TPSA) is 6.48 Å². The summed E-state index contributed by atoms with van der Waals surface area (Å²) in [5.74, 6) is 2.48. The maximum absolute atomic E-state index is 2.73. The van der Waals surface area contributed by atoms with Gasteiger partial charge in [-0.1, -0.05) is 53.5 Å². The lowest BCUT2D eigenvalue weighted by Crippen LogP contribution is -2.46. The smallest absolute Gasteiger partial charge is 0.0358 e. The number of nitrogens with zero attached hydrogens (tertiary/aromatic N) is 2. The van der Waals surface area contributed by atoms with Crippen LogP contribution in [0.25, 0.3) is 0 Å². The van der Waals surface area contributed by atoms with Crippen molar-refractivity contribution in [3.63, 3.8) is 0 Å². The van der Waals surface area contributed by atoms with Crippen molar-refractivity contribution in [2.75, 3.05) is 32.7 Å². The minimum absolute atomic E-state index is 0.458. The Labute approximate surface area is 175 Å². The summed E-state index contributed by atoms with van der Waals surface area (Å²) >= 11 is 0. The minimum atomic E-state index is 0.458. The van der Waals surface area contributed by atoms with Crippen molar-refractivity contribution < 1.29 is 0 Å². The number of hydrogen-bond acceptors (Lipinski definition) is 2. The molecule has 0 bridgehead atoms. The van der Waals surface area contributed by atoms with Gasteiger partial charge in [-0.25, -0.2) is 0 Å². The third-order valence-corrected chi connectivity index (χ3v) is 7.24. The van der Waals surface area contributed by atoms with Crippen molar-refractivity contribution in [3.05, 3.63) is 23.4 Å². The molecule has 0 amide bonds. The number of rotatable bonds is 10. The van der Waals surface area contributed by atoms with Gasteiger partial charge in [0.05, 0.1) is 0 Å². The lowest BCUT2D eigenvalue weighted by atomic mass is 9.72. The summed E-state index contributed by atoms with van der Waals surface area (Å²) in [5, 5.41) is 0. The van der Waals surface area contributed by atoms with Crippen molar-refractivity contribution in [2.24, 2.45) is 23.2 Å². The summed E-state index contributed by atoms with van der Waals surface area (Å²) < 4.78 is 0. The van der Waals surface area contributed by atoms with Gasteiger partial charge in [-0.3, -0.25) is 4.90 Å². The van der Waals surface area contributed by atoms with Crippen LogP contribution in [-0.4, -0.2) is 42.5 Å². The largest absolute Gasteiger partial charge is 0.369 e. The van der Waals surface area contributed by atoms with E-state index in [9.17, 15) is 0 Å². The Balaban J connectivity index is 1.74. The number of piperazine rings is 1. The summed E-state index contributed by atoms with van der Waals surface area (Å²) in [6.07, 6.45) is 15.9. The molecule has 2 atom stereocenters. The molecule has 2 unspecified atom stereocenters. The van der Waals surface area contributed by atoms with Crippen LogP contribution in [0.2, 0.25) is 0 Å². The van der Waals surface area contributed by atoms with Crippen LogP contribution in [0, 0.1) is 23.2 Å². The second-order valence-electron chi connectivity index (χ2n) is 10.8. The first-order chi connectivity index (χ1) is 13.4. The molecule has 28 heavy (non-hydrogen) atoms. The van der Waals surface area contributed by atoms with Gasteiger partial charge < -0.3 is 4.90 Å². The van der Waals surface area contributed by atoms with Gasteiger partial charge in [0.25, 0.3) is 0 Å². The molecule has 0 spiro atoms. The van der Waals surface area contributed by atoms with Crippen molar-refractivity contribution in [1.29, 1.82) is 0 Å². The van der Waals surface area contributed by atoms with Gasteiger partial charge >= 0.3 is 0 Å². The molecule has 3 aliphatic rings. The molecule has 1 heterocycles. The third kappa shape index (κ3) is 6.12. The van der Waals surface area contributed by atoms with E-state index in [1.165, 1.54) is 84.1 Å². The molecule has 2 nitrogen and oxygen atoms in total. The van der Waals surface area contributed by atoms with Crippen LogP contribution < -0.4 is 0 Å². The second-order valence-corrected chi connectivity index (χ2v) is 10.8. The lowest BCUT2D eigenvalue weighted by Gasteiger charge is -2.41. The van der Waals surface area contributed by atoms with E-state index in [4.69, 9.17) is 0 Å². The van der Waals surface area contributed by atoms with Gasteiger partial charge in [-0.15, -0.1) is 0 Å². The SMILES string of the molecule is CCCC(CC(C)(C)CCC)C1=C(N2CCN(CC3CC3)CC2)C=CC(C)C1. The molecule has 2 heteroatoms. The Bertz CT molecular complexity index is 547. The molecule has 2 aliphatic carbocycles. The lowest BCUT2D eigenvalue weighted by molar-refractivity contribution is 0.153. The Kier molecular flexibility index (Phi) is 7.70. The molecule has 0 aromatic rings. The van der Waals surface area contributed by atoms with E-state index >= 15 is 0 Å². The Morgan fingerprint density at radius 2 is 1.79 bits per heavy atom. The zero-order chi connectivity index (χ0) is 20.1. The molecule has 1 saturated heterocycles. The van der Waals surface area contributed by atoms with Crippen LogP contribution in [0.3, 0.4) is 0 Å².